The highest BCUT2D eigenvalue weighted by Crippen LogP contribution is 2.31. The van der Waals surface area contributed by atoms with E-state index in [2.05, 4.69) is 19.2 Å². The summed E-state index contributed by atoms with van der Waals surface area (Å²) in [4.78, 5) is 0.406. The molecule has 3 atom stereocenters. The molecule has 1 aromatic carbocycles. The molecule has 0 amide bonds. The fourth-order valence-corrected chi connectivity index (χ4v) is 5.05. The van der Waals surface area contributed by atoms with Crippen LogP contribution in [0.4, 0.5) is 0 Å². The normalized spacial score (nSPS) is 27.7. The van der Waals surface area contributed by atoms with Crippen molar-refractivity contribution in [3.63, 3.8) is 0 Å². The molecule has 1 saturated heterocycles. The molecule has 21 heavy (non-hydrogen) atoms. The van der Waals surface area contributed by atoms with Gasteiger partial charge in [0, 0.05) is 19.1 Å². The number of hydrogen-bond donors (Lipinski definition) is 1. The molecule has 0 aliphatic carbocycles. The number of rotatable bonds is 4. The molecule has 118 valence electrons. The van der Waals surface area contributed by atoms with Crippen molar-refractivity contribution in [2.24, 2.45) is 11.8 Å². The van der Waals surface area contributed by atoms with E-state index in [1.54, 1.807) is 16.4 Å². The van der Waals surface area contributed by atoms with Crippen LogP contribution in [0.15, 0.2) is 29.2 Å². The summed E-state index contributed by atoms with van der Waals surface area (Å²) in [5.74, 6) is 0.801. The van der Waals surface area contributed by atoms with Gasteiger partial charge < -0.3 is 5.32 Å². The fourth-order valence-electron chi connectivity index (χ4n) is 3.14. The Morgan fingerprint density at radius 2 is 2.00 bits per heavy atom. The van der Waals surface area contributed by atoms with Crippen LogP contribution in [0.25, 0.3) is 0 Å². The van der Waals surface area contributed by atoms with Crippen LogP contribution in [0.5, 0.6) is 0 Å². The second-order valence-electron chi connectivity index (χ2n) is 6.31. The van der Waals surface area contributed by atoms with Crippen molar-refractivity contribution in [1.29, 1.82) is 0 Å². The van der Waals surface area contributed by atoms with Gasteiger partial charge in [0.05, 0.1) is 4.90 Å². The monoisotopic (exact) mass is 310 g/mol. The molecular weight excluding hydrogens is 284 g/mol. The van der Waals surface area contributed by atoms with Gasteiger partial charge in [0.15, 0.2) is 0 Å². The average molecular weight is 310 g/mol. The smallest absolute Gasteiger partial charge is 0.243 e. The summed E-state index contributed by atoms with van der Waals surface area (Å²) in [7, 11) is -1.55. The molecular formula is C16H26N2O2S. The fraction of sp³-hybridized carbons (Fsp3) is 0.625. The summed E-state index contributed by atoms with van der Waals surface area (Å²) >= 11 is 0. The lowest BCUT2D eigenvalue weighted by Crippen LogP contribution is -2.48. The molecule has 0 spiro atoms. The van der Waals surface area contributed by atoms with Crippen molar-refractivity contribution in [3.05, 3.63) is 29.8 Å². The van der Waals surface area contributed by atoms with Gasteiger partial charge in [0.1, 0.15) is 0 Å². The Labute approximate surface area is 128 Å². The van der Waals surface area contributed by atoms with Gasteiger partial charge in [0.2, 0.25) is 10.0 Å². The van der Waals surface area contributed by atoms with Crippen LogP contribution in [-0.2, 0) is 16.6 Å². The Morgan fingerprint density at radius 3 is 2.67 bits per heavy atom. The maximum Gasteiger partial charge on any atom is 0.243 e. The lowest BCUT2D eigenvalue weighted by molar-refractivity contribution is 0.157. The third-order valence-electron chi connectivity index (χ3n) is 4.43. The summed E-state index contributed by atoms with van der Waals surface area (Å²) in [5, 5.41) is 3.06. The maximum atomic E-state index is 13.0. The first-order valence-corrected chi connectivity index (χ1v) is 9.05. The summed E-state index contributed by atoms with van der Waals surface area (Å²) in [6, 6.07) is 7.30. The van der Waals surface area contributed by atoms with E-state index in [-0.39, 0.29) is 6.04 Å². The Bertz CT molecular complexity index is 586. The molecule has 3 unspecified atom stereocenters. The Balaban J connectivity index is 2.34. The minimum absolute atomic E-state index is 0.0548. The summed E-state index contributed by atoms with van der Waals surface area (Å²) in [6.07, 6.45) is 1.09. The van der Waals surface area contributed by atoms with Crippen LogP contribution < -0.4 is 5.32 Å². The molecule has 1 aromatic rings. The van der Waals surface area contributed by atoms with Crippen molar-refractivity contribution in [2.45, 2.75) is 44.7 Å². The highest BCUT2D eigenvalue weighted by atomic mass is 32.2. The topological polar surface area (TPSA) is 49.4 Å². The van der Waals surface area contributed by atoms with Crippen molar-refractivity contribution >= 4 is 10.0 Å². The van der Waals surface area contributed by atoms with Gasteiger partial charge in [0.25, 0.3) is 0 Å². The SMILES string of the molecule is CNCc1cccc(S(=O)(=O)N2CC(C)CC(C)C2C)c1. The third-order valence-corrected chi connectivity index (χ3v) is 6.38. The number of sulfonamides is 1. The number of nitrogens with zero attached hydrogens (tertiary/aromatic N) is 1. The van der Waals surface area contributed by atoms with E-state index in [1.165, 1.54) is 0 Å². The Morgan fingerprint density at radius 1 is 1.29 bits per heavy atom. The quantitative estimate of drug-likeness (QED) is 0.929. The average Bonchev–Trinajstić information content (AvgIpc) is 2.43. The van der Waals surface area contributed by atoms with Crippen molar-refractivity contribution in [3.8, 4) is 0 Å². The first-order chi connectivity index (χ1) is 9.86. The third kappa shape index (κ3) is 3.47. The van der Waals surface area contributed by atoms with Gasteiger partial charge in [-0.3, -0.25) is 0 Å². The zero-order chi connectivity index (χ0) is 15.6. The molecule has 1 aliphatic heterocycles. The van der Waals surface area contributed by atoms with E-state index in [0.717, 1.165) is 12.0 Å². The second kappa shape index (κ2) is 6.46. The number of piperidine rings is 1. The highest BCUT2D eigenvalue weighted by molar-refractivity contribution is 7.89. The largest absolute Gasteiger partial charge is 0.316 e. The van der Waals surface area contributed by atoms with Crippen LogP contribution in [0, 0.1) is 11.8 Å². The van der Waals surface area contributed by atoms with Gasteiger partial charge in [-0.05, 0) is 49.9 Å². The molecule has 0 aromatic heterocycles. The summed E-state index contributed by atoms with van der Waals surface area (Å²) in [6.45, 7) is 7.57. The lowest BCUT2D eigenvalue weighted by Gasteiger charge is -2.40. The molecule has 0 saturated carbocycles. The van der Waals surface area contributed by atoms with Gasteiger partial charge in [-0.1, -0.05) is 26.0 Å². The van der Waals surface area contributed by atoms with E-state index in [0.29, 0.717) is 29.8 Å². The minimum Gasteiger partial charge on any atom is -0.316 e. The highest BCUT2D eigenvalue weighted by Gasteiger charge is 2.37. The van der Waals surface area contributed by atoms with Gasteiger partial charge in [-0.2, -0.15) is 4.31 Å². The Kier molecular flexibility index (Phi) is 5.07. The van der Waals surface area contributed by atoms with Crippen LogP contribution >= 0.6 is 0 Å². The van der Waals surface area contributed by atoms with Gasteiger partial charge >= 0.3 is 0 Å². The minimum atomic E-state index is -3.41. The van der Waals surface area contributed by atoms with E-state index in [1.807, 2.05) is 26.1 Å². The van der Waals surface area contributed by atoms with Crippen molar-refractivity contribution < 1.29 is 8.42 Å². The Hall–Kier alpha value is -0.910. The number of nitrogens with one attached hydrogen (secondary N) is 1. The van der Waals surface area contributed by atoms with Crippen LogP contribution in [0.1, 0.15) is 32.8 Å². The zero-order valence-electron chi connectivity index (χ0n) is 13.3. The van der Waals surface area contributed by atoms with Crippen LogP contribution in [-0.4, -0.2) is 32.4 Å². The molecule has 4 nitrogen and oxygen atoms in total. The molecule has 1 fully saturated rings. The maximum absolute atomic E-state index is 13.0. The van der Waals surface area contributed by atoms with Crippen molar-refractivity contribution in [1.82, 2.24) is 9.62 Å². The lowest BCUT2D eigenvalue weighted by atomic mass is 9.88. The molecule has 0 bridgehead atoms. The molecule has 1 heterocycles. The van der Waals surface area contributed by atoms with E-state index < -0.39 is 10.0 Å². The summed E-state index contributed by atoms with van der Waals surface area (Å²) in [5.41, 5.74) is 0.990. The molecule has 0 radical (unpaired) electrons. The number of benzene rings is 1. The predicted molar refractivity (Wildman–Crippen MR) is 85.5 cm³/mol. The molecule has 2 rings (SSSR count). The molecule has 1 aliphatic rings. The molecule has 1 N–H and O–H groups in total. The van der Waals surface area contributed by atoms with Crippen LogP contribution in [0.3, 0.4) is 0 Å². The molecule has 5 heteroatoms. The van der Waals surface area contributed by atoms with Crippen molar-refractivity contribution in [2.75, 3.05) is 13.6 Å². The first kappa shape index (κ1) is 16.5. The van der Waals surface area contributed by atoms with E-state index in [9.17, 15) is 8.42 Å². The van der Waals surface area contributed by atoms with Crippen LogP contribution in [0.2, 0.25) is 0 Å². The van der Waals surface area contributed by atoms with Gasteiger partial charge in [-0.15, -0.1) is 0 Å². The second-order valence-corrected chi connectivity index (χ2v) is 8.20. The summed E-state index contributed by atoms with van der Waals surface area (Å²) < 4.78 is 27.6. The number of hydrogen-bond acceptors (Lipinski definition) is 3. The van der Waals surface area contributed by atoms with E-state index in [4.69, 9.17) is 0 Å². The standard InChI is InChI=1S/C16H26N2O2S/c1-12-8-13(2)14(3)18(11-12)21(19,20)16-7-5-6-15(9-16)10-17-4/h5-7,9,12-14,17H,8,10-11H2,1-4H3. The van der Waals surface area contributed by atoms with Gasteiger partial charge in [-0.25, -0.2) is 8.42 Å². The predicted octanol–water partition coefficient (Wildman–Crippen LogP) is 2.46. The first-order valence-electron chi connectivity index (χ1n) is 7.61. The van der Waals surface area contributed by atoms with E-state index >= 15 is 0 Å². The zero-order valence-corrected chi connectivity index (χ0v) is 14.2.